The summed E-state index contributed by atoms with van der Waals surface area (Å²) < 4.78 is 33.5. The predicted molar refractivity (Wildman–Crippen MR) is 109 cm³/mol. The third-order valence-corrected chi connectivity index (χ3v) is 7.58. The fourth-order valence-corrected chi connectivity index (χ4v) is 5.77. The number of carbonyl (C=O) groups is 1. The molecule has 1 aliphatic carbocycles. The maximum atomic E-state index is 12.8. The molecule has 1 fully saturated rings. The van der Waals surface area contributed by atoms with Crippen LogP contribution in [0, 0.1) is 6.92 Å². The summed E-state index contributed by atoms with van der Waals surface area (Å²) in [5, 5.41) is 2.58. The molecule has 8 heteroatoms. The van der Waals surface area contributed by atoms with Gasteiger partial charge in [0.05, 0.1) is 0 Å². The SMILES string of the molecule is Cc1ccc2c(c1NC(=O)NS(=O)(=O)c1cc3c(o1)C1CCN(CC1)C3)CCC2. The minimum Gasteiger partial charge on any atom is -0.447 e. The van der Waals surface area contributed by atoms with Gasteiger partial charge in [0.1, 0.15) is 5.76 Å². The van der Waals surface area contributed by atoms with Gasteiger partial charge in [-0.3, -0.25) is 4.90 Å². The van der Waals surface area contributed by atoms with Crippen LogP contribution in [-0.4, -0.2) is 32.4 Å². The number of piperidine rings is 1. The number of anilines is 1. The van der Waals surface area contributed by atoms with E-state index in [4.69, 9.17) is 4.42 Å². The first kappa shape index (κ1) is 18.7. The Morgan fingerprint density at radius 1 is 1.17 bits per heavy atom. The van der Waals surface area contributed by atoms with E-state index in [0.29, 0.717) is 12.2 Å². The van der Waals surface area contributed by atoms with E-state index in [1.165, 1.54) is 5.56 Å². The van der Waals surface area contributed by atoms with Crippen molar-refractivity contribution in [3.63, 3.8) is 0 Å². The maximum Gasteiger partial charge on any atom is 0.333 e. The van der Waals surface area contributed by atoms with Gasteiger partial charge in [-0.2, -0.15) is 8.42 Å². The van der Waals surface area contributed by atoms with Crippen molar-refractivity contribution in [1.82, 2.24) is 9.62 Å². The van der Waals surface area contributed by atoms with Crippen LogP contribution in [0.4, 0.5) is 10.5 Å². The molecule has 3 aliphatic heterocycles. The van der Waals surface area contributed by atoms with Crippen molar-refractivity contribution in [3.8, 4) is 0 Å². The molecule has 0 radical (unpaired) electrons. The standard InChI is InChI=1S/C21H25N3O4S/c1-13-5-6-14-3-2-4-17(14)19(13)22-21(25)23-29(26,27)18-11-16-12-24-9-7-15(8-10-24)20(16)28-18/h5-6,11,15H,2-4,7-10,12H2,1H3,(H2,22,23,25). The average molecular weight is 416 g/mol. The van der Waals surface area contributed by atoms with Gasteiger partial charge >= 0.3 is 6.03 Å². The maximum absolute atomic E-state index is 12.8. The third-order valence-electron chi connectivity index (χ3n) is 6.39. The fourth-order valence-electron chi connectivity index (χ4n) is 4.88. The molecule has 0 atom stereocenters. The molecule has 0 spiro atoms. The summed E-state index contributed by atoms with van der Waals surface area (Å²) in [5.74, 6) is 1.03. The van der Waals surface area contributed by atoms with Crippen molar-refractivity contribution >= 4 is 21.7 Å². The summed E-state index contributed by atoms with van der Waals surface area (Å²) in [6, 6.07) is 4.86. The molecular weight excluding hydrogens is 390 g/mol. The Morgan fingerprint density at radius 3 is 2.76 bits per heavy atom. The van der Waals surface area contributed by atoms with Crippen molar-refractivity contribution in [3.05, 3.63) is 46.2 Å². The molecule has 2 N–H and O–H groups in total. The molecule has 154 valence electrons. The summed E-state index contributed by atoms with van der Waals surface area (Å²) in [7, 11) is -4.08. The van der Waals surface area contributed by atoms with Crippen LogP contribution < -0.4 is 10.0 Å². The van der Waals surface area contributed by atoms with Gasteiger partial charge in [0.2, 0.25) is 5.09 Å². The van der Waals surface area contributed by atoms with Crippen LogP contribution in [0.15, 0.2) is 27.7 Å². The first-order chi connectivity index (χ1) is 13.9. The number of sulfonamides is 1. The van der Waals surface area contributed by atoms with E-state index in [-0.39, 0.29) is 11.0 Å². The summed E-state index contributed by atoms with van der Waals surface area (Å²) in [6.07, 6.45) is 4.88. The van der Waals surface area contributed by atoms with Crippen LogP contribution in [0.1, 0.15) is 53.2 Å². The number of furan rings is 1. The van der Waals surface area contributed by atoms with Crippen molar-refractivity contribution in [1.29, 1.82) is 0 Å². The number of benzene rings is 1. The molecule has 1 aromatic carbocycles. The highest BCUT2D eigenvalue weighted by molar-refractivity contribution is 7.89. The zero-order valence-corrected chi connectivity index (χ0v) is 17.3. The number of nitrogens with zero attached hydrogens (tertiary/aromatic N) is 1. The summed E-state index contributed by atoms with van der Waals surface area (Å²) in [4.78, 5) is 14.8. The summed E-state index contributed by atoms with van der Waals surface area (Å²) in [5.41, 5.74) is 4.88. The molecule has 2 amide bonds. The van der Waals surface area contributed by atoms with Gasteiger partial charge in [0.15, 0.2) is 0 Å². The Hall–Kier alpha value is -2.32. The normalized spacial score (nSPS) is 22.7. The molecule has 1 saturated heterocycles. The van der Waals surface area contributed by atoms with Crippen LogP contribution in [0.3, 0.4) is 0 Å². The van der Waals surface area contributed by atoms with Gasteiger partial charge in [-0.1, -0.05) is 12.1 Å². The molecule has 4 heterocycles. The van der Waals surface area contributed by atoms with Gasteiger partial charge in [0.25, 0.3) is 10.0 Å². The molecule has 7 nitrogen and oxygen atoms in total. The van der Waals surface area contributed by atoms with Crippen molar-refractivity contribution in [2.75, 3.05) is 18.4 Å². The van der Waals surface area contributed by atoms with E-state index in [9.17, 15) is 13.2 Å². The number of rotatable bonds is 3. The molecule has 29 heavy (non-hydrogen) atoms. The molecule has 0 unspecified atom stereocenters. The number of fused-ring (bicyclic) bond motifs is 3. The Balaban J connectivity index is 1.36. The second-order valence-corrected chi connectivity index (χ2v) is 9.93. The van der Waals surface area contributed by atoms with Gasteiger partial charge in [-0.05, 0) is 68.8 Å². The summed E-state index contributed by atoms with van der Waals surface area (Å²) in [6.45, 7) is 4.64. The number of nitrogens with one attached hydrogen (secondary N) is 2. The largest absolute Gasteiger partial charge is 0.447 e. The average Bonchev–Trinajstić information content (AvgIpc) is 3.26. The Labute approximate surface area is 170 Å². The van der Waals surface area contributed by atoms with E-state index in [1.807, 2.05) is 13.0 Å². The molecule has 1 aromatic heterocycles. The lowest BCUT2D eigenvalue weighted by atomic mass is 9.95. The van der Waals surface area contributed by atoms with E-state index in [1.54, 1.807) is 6.07 Å². The number of amides is 2. The highest BCUT2D eigenvalue weighted by Crippen LogP contribution is 2.38. The molecule has 2 aromatic rings. The lowest BCUT2D eigenvalue weighted by molar-refractivity contribution is 0.212. The topological polar surface area (TPSA) is 91.7 Å². The van der Waals surface area contributed by atoms with Gasteiger partial charge < -0.3 is 9.73 Å². The van der Waals surface area contributed by atoms with Crippen molar-refractivity contribution in [2.24, 2.45) is 0 Å². The van der Waals surface area contributed by atoms with Crippen LogP contribution in [0.25, 0.3) is 0 Å². The van der Waals surface area contributed by atoms with E-state index in [2.05, 4.69) is 21.0 Å². The first-order valence-corrected chi connectivity index (χ1v) is 11.7. The van der Waals surface area contributed by atoms with Crippen LogP contribution >= 0.6 is 0 Å². The van der Waals surface area contributed by atoms with Gasteiger partial charge in [-0.15, -0.1) is 0 Å². The smallest absolute Gasteiger partial charge is 0.333 e. The zero-order chi connectivity index (χ0) is 20.2. The Bertz CT molecular complexity index is 1080. The van der Waals surface area contributed by atoms with Crippen LogP contribution in [-0.2, 0) is 29.4 Å². The quantitative estimate of drug-likeness (QED) is 0.803. The van der Waals surface area contributed by atoms with Crippen molar-refractivity contribution < 1.29 is 17.6 Å². The summed E-state index contributed by atoms with van der Waals surface area (Å²) >= 11 is 0. The molecule has 0 saturated carbocycles. The number of aryl methyl sites for hydroxylation is 2. The minimum atomic E-state index is -4.08. The predicted octanol–water partition coefficient (Wildman–Crippen LogP) is 3.28. The second-order valence-electron chi connectivity index (χ2n) is 8.31. The zero-order valence-electron chi connectivity index (χ0n) is 16.5. The molecule has 2 bridgehead atoms. The molecule has 4 aliphatic rings. The molecule has 6 rings (SSSR count). The van der Waals surface area contributed by atoms with Crippen LogP contribution in [0.2, 0.25) is 0 Å². The first-order valence-electron chi connectivity index (χ1n) is 10.2. The number of urea groups is 1. The number of hydrogen-bond acceptors (Lipinski definition) is 5. The minimum absolute atomic E-state index is 0.179. The molecular formula is C21H25N3O4S. The van der Waals surface area contributed by atoms with Gasteiger partial charge in [0, 0.05) is 29.8 Å². The fraction of sp³-hybridized carbons (Fsp3) is 0.476. The lowest BCUT2D eigenvalue weighted by Gasteiger charge is -2.26. The van der Waals surface area contributed by atoms with E-state index >= 15 is 0 Å². The van der Waals surface area contributed by atoms with Gasteiger partial charge in [-0.25, -0.2) is 9.52 Å². The Morgan fingerprint density at radius 2 is 1.97 bits per heavy atom. The van der Waals surface area contributed by atoms with Crippen LogP contribution in [0.5, 0.6) is 0 Å². The third kappa shape index (κ3) is 3.34. The number of hydrogen-bond donors (Lipinski definition) is 2. The highest BCUT2D eigenvalue weighted by atomic mass is 32.2. The van der Waals surface area contributed by atoms with E-state index < -0.39 is 16.1 Å². The monoisotopic (exact) mass is 415 g/mol. The number of carbonyl (C=O) groups excluding carboxylic acids is 1. The van der Waals surface area contributed by atoms with E-state index in [0.717, 1.165) is 67.6 Å². The lowest BCUT2D eigenvalue weighted by Crippen LogP contribution is -2.34. The Kier molecular flexibility index (Phi) is 4.43. The second kappa shape index (κ2) is 6.88. The highest BCUT2D eigenvalue weighted by Gasteiger charge is 2.34. The van der Waals surface area contributed by atoms with Crippen molar-refractivity contribution in [2.45, 2.75) is 56.6 Å².